The molecule has 7 heteroatoms. The Labute approximate surface area is 154 Å². The van der Waals surface area contributed by atoms with Crippen molar-refractivity contribution >= 4 is 11.9 Å². The lowest BCUT2D eigenvalue weighted by atomic mass is 9.94. The number of hydrogen-bond acceptors (Lipinski definition) is 6. The van der Waals surface area contributed by atoms with Gasteiger partial charge < -0.3 is 20.7 Å². The van der Waals surface area contributed by atoms with Gasteiger partial charge >= 0.3 is 0 Å². The van der Waals surface area contributed by atoms with E-state index in [0.717, 1.165) is 76.0 Å². The van der Waals surface area contributed by atoms with Crippen molar-refractivity contribution in [2.24, 2.45) is 0 Å². The molecule has 1 unspecified atom stereocenters. The molecular weight excluding hydrogens is 330 g/mol. The third-order valence-corrected chi connectivity index (χ3v) is 5.82. The van der Waals surface area contributed by atoms with Crippen LogP contribution in [0.4, 0.5) is 5.95 Å². The quantitative estimate of drug-likeness (QED) is 0.842. The summed E-state index contributed by atoms with van der Waals surface area (Å²) in [6.45, 7) is 3.95. The van der Waals surface area contributed by atoms with Gasteiger partial charge in [0.15, 0.2) is 0 Å². The van der Waals surface area contributed by atoms with Crippen LogP contribution in [0.15, 0.2) is 0 Å². The number of aromatic nitrogens is 2. The van der Waals surface area contributed by atoms with E-state index in [1.165, 1.54) is 12.8 Å². The summed E-state index contributed by atoms with van der Waals surface area (Å²) in [5.74, 6) is 0.122. The number of nitrogens with two attached hydrogens (primary N) is 1. The Morgan fingerprint density at radius 2 is 1.96 bits per heavy atom. The lowest BCUT2D eigenvalue weighted by Gasteiger charge is -2.33. The molecule has 0 bridgehead atoms. The van der Waals surface area contributed by atoms with E-state index in [0.29, 0.717) is 11.8 Å². The number of likely N-dealkylation sites (tertiary alicyclic amines) is 1. The number of anilines is 1. The minimum absolute atomic E-state index is 0.0881. The van der Waals surface area contributed by atoms with Gasteiger partial charge in [-0.15, -0.1) is 0 Å². The maximum Gasteiger partial charge on any atom is 0.270 e. The van der Waals surface area contributed by atoms with Crippen LogP contribution in [0.25, 0.3) is 0 Å². The largest absolute Gasteiger partial charge is 0.377 e. The van der Waals surface area contributed by atoms with Gasteiger partial charge in [0, 0.05) is 43.5 Å². The summed E-state index contributed by atoms with van der Waals surface area (Å²) in [5, 5.41) is 3.18. The smallest absolute Gasteiger partial charge is 0.270 e. The van der Waals surface area contributed by atoms with E-state index in [1.54, 1.807) is 0 Å². The zero-order valence-corrected chi connectivity index (χ0v) is 15.4. The van der Waals surface area contributed by atoms with Crippen molar-refractivity contribution in [2.45, 2.75) is 63.5 Å². The molecule has 0 spiro atoms. The summed E-state index contributed by atoms with van der Waals surface area (Å²) < 4.78 is 5.73. The molecule has 3 N–H and O–H groups in total. The lowest BCUT2D eigenvalue weighted by molar-refractivity contribution is 0.0612. The Morgan fingerprint density at radius 3 is 2.73 bits per heavy atom. The number of piperidine rings is 1. The van der Waals surface area contributed by atoms with Crippen molar-refractivity contribution < 1.29 is 9.53 Å². The number of hydrogen-bond donors (Lipinski definition) is 2. The molecule has 142 valence electrons. The Morgan fingerprint density at radius 1 is 1.15 bits per heavy atom. The zero-order chi connectivity index (χ0) is 17.9. The topological polar surface area (TPSA) is 93.4 Å². The molecule has 26 heavy (non-hydrogen) atoms. The van der Waals surface area contributed by atoms with E-state index in [-0.39, 0.29) is 17.9 Å². The van der Waals surface area contributed by atoms with Crippen molar-refractivity contribution in [1.82, 2.24) is 20.2 Å². The van der Waals surface area contributed by atoms with Crippen molar-refractivity contribution in [3.8, 4) is 0 Å². The molecule has 1 aromatic heterocycles. The highest BCUT2D eigenvalue weighted by molar-refractivity contribution is 5.94. The summed E-state index contributed by atoms with van der Waals surface area (Å²) in [7, 11) is 0. The summed E-state index contributed by atoms with van der Waals surface area (Å²) in [5.41, 5.74) is 8.28. The summed E-state index contributed by atoms with van der Waals surface area (Å²) >= 11 is 0. The fourth-order valence-electron chi connectivity index (χ4n) is 4.39. The van der Waals surface area contributed by atoms with Gasteiger partial charge in [-0.1, -0.05) is 0 Å². The highest BCUT2D eigenvalue weighted by Crippen LogP contribution is 2.23. The fourth-order valence-corrected chi connectivity index (χ4v) is 4.39. The molecule has 2 fully saturated rings. The molecule has 1 aliphatic carbocycles. The molecule has 1 aromatic rings. The normalized spacial score (nSPS) is 24.4. The van der Waals surface area contributed by atoms with Gasteiger partial charge in [0.05, 0.1) is 6.10 Å². The van der Waals surface area contributed by atoms with Crippen LogP contribution in [0.1, 0.15) is 60.3 Å². The van der Waals surface area contributed by atoms with Gasteiger partial charge in [-0.05, 0) is 51.4 Å². The van der Waals surface area contributed by atoms with Crippen molar-refractivity contribution in [3.05, 3.63) is 17.0 Å². The highest BCUT2D eigenvalue weighted by Gasteiger charge is 2.27. The Balaban J connectivity index is 1.34. The fraction of sp³-hybridized carbons (Fsp3) is 0.737. The summed E-state index contributed by atoms with van der Waals surface area (Å²) in [6, 6.07) is 0.207. The first kappa shape index (κ1) is 17.7. The highest BCUT2D eigenvalue weighted by atomic mass is 16.5. The van der Waals surface area contributed by atoms with E-state index < -0.39 is 0 Å². The molecule has 2 aliphatic heterocycles. The number of ether oxygens (including phenoxy) is 1. The number of rotatable bonds is 4. The van der Waals surface area contributed by atoms with E-state index in [4.69, 9.17) is 10.5 Å². The SMILES string of the molecule is Nc1nc2c(c(C(=O)NC3CCN(CC4CCCO4)CC3)n1)CCCC2. The average molecular weight is 359 g/mol. The van der Waals surface area contributed by atoms with Crippen LogP contribution in [0.5, 0.6) is 0 Å². The van der Waals surface area contributed by atoms with Gasteiger partial charge in [-0.25, -0.2) is 9.97 Å². The summed E-state index contributed by atoms with van der Waals surface area (Å²) in [4.78, 5) is 23.9. The third kappa shape index (κ3) is 3.99. The molecule has 2 saturated heterocycles. The second-order valence-electron chi connectivity index (χ2n) is 7.75. The van der Waals surface area contributed by atoms with Crippen LogP contribution in [-0.4, -0.2) is 59.2 Å². The molecule has 0 radical (unpaired) electrons. The molecule has 1 atom stereocenters. The maximum atomic E-state index is 12.8. The van der Waals surface area contributed by atoms with Crippen LogP contribution in [0.3, 0.4) is 0 Å². The maximum absolute atomic E-state index is 12.8. The van der Waals surface area contributed by atoms with Crippen molar-refractivity contribution in [3.63, 3.8) is 0 Å². The predicted octanol–water partition coefficient (Wildman–Crippen LogP) is 1.31. The Hall–Kier alpha value is -1.73. The molecule has 3 aliphatic rings. The number of carbonyl (C=O) groups excluding carboxylic acids is 1. The van der Waals surface area contributed by atoms with Gasteiger partial charge in [0.25, 0.3) is 5.91 Å². The Kier molecular flexibility index (Phi) is 5.36. The summed E-state index contributed by atoms with van der Waals surface area (Å²) in [6.07, 6.45) is 8.66. The minimum atomic E-state index is -0.0881. The molecule has 7 nitrogen and oxygen atoms in total. The van der Waals surface area contributed by atoms with Gasteiger partial charge in [-0.3, -0.25) is 4.79 Å². The number of fused-ring (bicyclic) bond motifs is 1. The van der Waals surface area contributed by atoms with Crippen molar-refractivity contribution in [1.29, 1.82) is 0 Å². The van der Waals surface area contributed by atoms with Crippen LogP contribution in [0.2, 0.25) is 0 Å². The number of nitrogens with one attached hydrogen (secondary N) is 1. The standard InChI is InChI=1S/C19H29N5O2/c20-19-22-16-6-2-1-5-15(16)17(23-19)18(25)21-13-7-9-24(10-8-13)12-14-4-3-11-26-14/h13-14H,1-12H2,(H,21,25)(H2,20,22,23). The van der Waals surface area contributed by atoms with E-state index in [2.05, 4.69) is 20.2 Å². The molecule has 4 rings (SSSR count). The number of nitrogens with zero attached hydrogens (tertiary/aromatic N) is 3. The van der Waals surface area contributed by atoms with E-state index in [9.17, 15) is 4.79 Å². The first-order valence-corrected chi connectivity index (χ1v) is 9.99. The first-order valence-electron chi connectivity index (χ1n) is 9.99. The van der Waals surface area contributed by atoms with Crippen molar-refractivity contribution in [2.75, 3.05) is 32.0 Å². The van der Waals surface area contributed by atoms with Crippen LogP contribution < -0.4 is 11.1 Å². The van der Waals surface area contributed by atoms with E-state index >= 15 is 0 Å². The average Bonchev–Trinajstić information content (AvgIpc) is 3.15. The lowest BCUT2D eigenvalue weighted by Crippen LogP contribution is -2.46. The Bertz CT molecular complexity index is 652. The number of carbonyl (C=O) groups is 1. The van der Waals surface area contributed by atoms with Crippen LogP contribution >= 0.6 is 0 Å². The molecule has 0 saturated carbocycles. The van der Waals surface area contributed by atoms with Crippen LogP contribution in [-0.2, 0) is 17.6 Å². The predicted molar refractivity (Wildman–Crippen MR) is 99.0 cm³/mol. The second kappa shape index (κ2) is 7.88. The number of aryl methyl sites for hydroxylation is 1. The number of amides is 1. The van der Waals surface area contributed by atoms with Crippen LogP contribution in [0, 0.1) is 0 Å². The second-order valence-corrected chi connectivity index (χ2v) is 7.75. The number of nitrogen functional groups attached to an aromatic ring is 1. The molecular formula is C19H29N5O2. The van der Waals surface area contributed by atoms with Gasteiger partial charge in [-0.2, -0.15) is 0 Å². The molecule has 3 heterocycles. The first-order chi connectivity index (χ1) is 12.7. The molecule has 1 amide bonds. The van der Waals surface area contributed by atoms with Gasteiger partial charge in [0.2, 0.25) is 5.95 Å². The zero-order valence-electron chi connectivity index (χ0n) is 15.4. The molecule has 0 aromatic carbocycles. The van der Waals surface area contributed by atoms with Gasteiger partial charge in [0.1, 0.15) is 5.69 Å². The van der Waals surface area contributed by atoms with E-state index in [1.807, 2.05) is 0 Å². The minimum Gasteiger partial charge on any atom is -0.377 e. The third-order valence-electron chi connectivity index (χ3n) is 5.82. The monoisotopic (exact) mass is 359 g/mol.